The molecule has 1 saturated heterocycles. The molecule has 1 fully saturated rings. The number of benzene rings is 3. The fraction of sp³-hybridized carbons (Fsp3) is 0.468. The number of hydrogen-bond acceptors (Lipinski definition) is 15. The second kappa shape index (κ2) is 27.2. The number of esters is 1. The molecule has 3 aromatic carbocycles. The number of nitrogens with zero attached hydrogens (tertiary/aromatic N) is 2. The van der Waals surface area contributed by atoms with Gasteiger partial charge in [-0.2, -0.15) is 13.0 Å². The lowest BCUT2D eigenvalue weighted by atomic mass is 10.0. The van der Waals surface area contributed by atoms with Crippen molar-refractivity contribution in [2.24, 2.45) is 0 Å². The Balaban J connectivity index is 0.888. The molecule has 0 bridgehead atoms. The summed E-state index contributed by atoms with van der Waals surface area (Å²) < 4.78 is 67.6. The van der Waals surface area contributed by atoms with E-state index in [1.807, 2.05) is 53.1 Å². The largest absolute Gasteiger partial charge is 0.422 e. The summed E-state index contributed by atoms with van der Waals surface area (Å²) in [6.45, 7) is 7.71. The van der Waals surface area contributed by atoms with Gasteiger partial charge in [0.2, 0.25) is 16.9 Å². The summed E-state index contributed by atoms with van der Waals surface area (Å²) in [5.74, 6) is -3.09. The smallest absolute Gasteiger partial charge is 0.345 e. The first-order valence-corrected chi connectivity index (χ1v) is 24.0. The van der Waals surface area contributed by atoms with Crippen molar-refractivity contribution in [3.8, 4) is 5.75 Å². The van der Waals surface area contributed by atoms with Crippen molar-refractivity contribution in [1.29, 1.82) is 0 Å². The monoisotopic (exact) mass is 967 g/mol. The maximum Gasteiger partial charge on any atom is 0.345 e. The molecule has 0 saturated carbocycles. The number of aromatic nitrogens is 1. The van der Waals surface area contributed by atoms with Crippen LogP contribution in [0.2, 0.25) is 0 Å². The van der Waals surface area contributed by atoms with Gasteiger partial charge in [-0.3, -0.25) is 23.7 Å². The third-order valence-electron chi connectivity index (χ3n) is 10.4. The molecule has 0 spiro atoms. The molecular formula is C47H59N4O16S+. The number of aryl methyl sites for hydroxylation is 3. The zero-order valence-corrected chi connectivity index (χ0v) is 39.1. The quantitative estimate of drug-likeness (QED) is 0.0177. The molecule has 1 aliphatic rings. The Bertz CT molecular complexity index is 2440. The van der Waals surface area contributed by atoms with E-state index in [2.05, 4.69) is 15.5 Å². The van der Waals surface area contributed by atoms with Crippen molar-refractivity contribution in [3.05, 3.63) is 82.9 Å². The molecule has 20 nitrogen and oxygen atoms in total. The molecule has 68 heavy (non-hydrogen) atoms. The maximum atomic E-state index is 14.0. The normalized spacial score (nSPS) is 12.9. The van der Waals surface area contributed by atoms with Crippen LogP contribution in [-0.2, 0) is 64.4 Å². The van der Waals surface area contributed by atoms with E-state index < -0.39 is 39.6 Å². The second-order valence-electron chi connectivity index (χ2n) is 15.6. The van der Waals surface area contributed by atoms with Crippen molar-refractivity contribution < 1.29 is 79.6 Å². The summed E-state index contributed by atoms with van der Waals surface area (Å²) >= 11 is 0. The van der Waals surface area contributed by atoms with Gasteiger partial charge in [-0.25, -0.2) is 9.59 Å². The van der Waals surface area contributed by atoms with Gasteiger partial charge in [0.05, 0.1) is 94.6 Å². The Labute approximate surface area is 394 Å². The van der Waals surface area contributed by atoms with Crippen LogP contribution in [0.1, 0.15) is 70.4 Å². The molecule has 4 amide bonds. The molecular weight excluding hydrogens is 909 g/mol. The average Bonchev–Trinajstić information content (AvgIpc) is 3.30. The number of pyridine rings is 1. The molecule has 1 aliphatic heterocycles. The van der Waals surface area contributed by atoms with Crippen LogP contribution in [0, 0.1) is 13.8 Å². The summed E-state index contributed by atoms with van der Waals surface area (Å²) in [4.78, 5) is 78.7. The molecule has 368 valence electrons. The first-order valence-electron chi connectivity index (χ1n) is 22.4. The zero-order chi connectivity index (χ0) is 48.9. The van der Waals surface area contributed by atoms with Gasteiger partial charge >= 0.3 is 11.9 Å². The molecule has 1 aromatic heterocycles. The lowest BCUT2D eigenvalue weighted by Gasteiger charge is -2.22. The van der Waals surface area contributed by atoms with Crippen LogP contribution in [-0.4, -0.2) is 139 Å². The SMILES string of the molecule is Cc1cc(C(=O)NCCOCCOCCOCCOCCOCCNC(=O)CCCC(=O)N2OC(=O)CCC2=O)cc(C)c1OC(=O)c1c2ccccc2[n+](CCCS(=O)(=O)O)c2ccccc12. The van der Waals surface area contributed by atoms with Crippen LogP contribution >= 0.6 is 0 Å². The Hall–Kier alpha value is -5.94. The van der Waals surface area contributed by atoms with Crippen molar-refractivity contribution in [3.63, 3.8) is 0 Å². The van der Waals surface area contributed by atoms with Crippen LogP contribution in [0.5, 0.6) is 5.75 Å². The Morgan fingerprint density at radius 3 is 1.76 bits per heavy atom. The molecule has 4 aromatic rings. The number of imide groups is 1. The highest BCUT2D eigenvalue weighted by atomic mass is 32.2. The van der Waals surface area contributed by atoms with E-state index in [1.165, 1.54) is 0 Å². The first kappa shape index (κ1) is 53.0. The summed E-state index contributed by atoms with van der Waals surface area (Å²) in [6.07, 6.45) is 0.208. The van der Waals surface area contributed by atoms with Gasteiger partial charge in [0.25, 0.3) is 27.8 Å². The third-order valence-corrected chi connectivity index (χ3v) is 11.2. The molecule has 0 atom stereocenters. The molecule has 0 radical (unpaired) electrons. The van der Waals surface area contributed by atoms with Crippen molar-refractivity contribution in [1.82, 2.24) is 15.7 Å². The highest BCUT2D eigenvalue weighted by Gasteiger charge is 2.31. The van der Waals surface area contributed by atoms with Crippen LogP contribution in [0.15, 0.2) is 60.7 Å². The minimum Gasteiger partial charge on any atom is -0.422 e. The fourth-order valence-electron chi connectivity index (χ4n) is 7.24. The number of para-hydroxylation sites is 2. The Morgan fingerprint density at radius 1 is 0.706 bits per heavy atom. The molecule has 3 N–H and O–H groups in total. The van der Waals surface area contributed by atoms with Crippen LogP contribution < -0.4 is 19.9 Å². The number of hydrogen-bond donors (Lipinski definition) is 3. The van der Waals surface area contributed by atoms with E-state index in [-0.39, 0.29) is 83.2 Å². The average molecular weight is 968 g/mol. The number of fused-ring (bicyclic) bond motifs is 2. The summed E-state index contributed by atoms with van der Waals surface area (Å²) in [5, 5.41) is 7.23. The lowest BCUT2D eigenvalue weighted by molar-refractivity contribution is -0.645. The maximum absolute atomic E-state index is 14.0. The highest BCUT2D eigenvalue weighted by Crippen LogP contribution is 2.30. The standard InChI is InChI=1S/C47H58N4O16S/c1-33-31-35(32-34(2)45(33)66-47(57)44-36-9-3-5-11-38(36)50(19-8-30-68(58,59)60)39-12-6-4-10-37(39)44)46(56)49-18-21-62-23-25-64-27-29-65-28-26-63-24-22-61-20-17-48-40(52)13-7-14-41(53)51-42(54)15-16-43(55)67-51/h3-6,9-12,31-32H,7-8,13-30H2,1-2H3,(H2-,48,49,52,56,58,59,60)/p+1. The number of amides is 4. The summed E-state index contributed by atoms with van der Waals surface area (Å²) in [5.41, 5.74) is 3.33. The molecule has 5 rings (SSSR count). The van der Waals surface area contributed by atoms with Crippen molar-refractivity contribution in [2.45, 2.75) is 58.9 Å². The van der Waals surface area contributed by atoms with Gasteiger partial charge in [-0.15, -0.1) is 5.06 Å². The van der Waals surface area contributed by atoms with E-state index >= 15 is 0 Å². The minimum atomic E-state index is -4.14. The second-order valence-corrected chi connectivity index (χ2v) is 17.2. The molecule has 0 aliphatic carbocycles. The zero-order valence-electron chi connectivity index (χ0n) is 38.3. The van der Waals surface area contributed by atoms with Gasteiger partial charge < -0.3 is 43.9 Å². The van der Waals surface area contributed by atoms with Gasteiger partial charge in [0, 0.05) is 56.5 Å². The predicted molar refractivity (Wildman–Crippen MR) is 244 cm³/mol. The van der Waals surface area contributed by atoms with E-state index in [4.69, 9.17) is 28.4 Å². The van der Waals surface area contributed by atoms with Crippen molar-refractivity contribution >= 4 is 67.5 Å². The molecule has 2 heterocycles. The predicted octanol–water partition coefficient (Wildman–Crippen LogP) is 3.10. The topological polar surface area (TPSA) is 253 Å². The van der Waals surface area contributed by atoms with E-state index in [0.717, 1.165) is 0 Å². The minimum absolute atomic E-state index is 0.0551. The van der Waals surface area contributed by atoms with Crippen molar-refractivity contribution in [2.75, 3.05) is 84.9 Å². The van der Waals surface area contributed by atoms with E-state index in [0.29, 0.717) is 108 Å². The van der Waals surface area contributed by atoms with E-state index in [1.54, 1.807) is 26.0 Å². The van der Waals surface area contributed by atoms with Gasteiger partial charge in [0.1, 0.15) is 5.75 Å². The Kier molecular flexibility index (Phi) is 21.2. The van der Waals surface area contributed by atoms with Crippen LogP contribution in [0.25, 0.3) is 21.8 Å². The highest BCUT2D eigenvalue weighted by molar-refractivity contribution is 7.85. The lowest BCUT2D eigenvalue weighted by Crippen LogP contribution is -2.42. The number of rotatable bonds is 29. The first-order chi connectivity index (χ1) is 32.7. The van der Waals surface area contributed by atoms with Gasteiger partial charge in [0.15, 0.2) is 6.54 Å². The molecule has 0 unspecified atom stereocenters. The number of carbonyl (C=O) groups excluding carboxylic acids is 6. The number of hydroxylamine groups is 2. The number of nitrogens with one attached hydrogen (secondary N) is 2. The third kappa shape index (κ3) is 16.7. The van der Waals surface area contributed by atoms with E-state index in [9.17, 15) is 41.7 Å². The number of ether oxygens (including phenoxy) is 6. The van der Waals surface area contributed by atoms with Crippen LogP contribution in [0.4, 0.5) is 0 Å². The fourth-order valence-corrected chi connectivity index (χ4v) is 7.73. The number of carbonyl (C=O) groups is 6. The summed E-state index contributed by atoms with van der Waals surface area (Å²) in [7, 11) is -4.14. The van der Waals surface area contributed by atoms with Gasteiger partial charge in [-0.05, 0) is 55.7 Å². The Morgan fingerprint density at radius 2 is 1.22 bits per heavy atom. The van der Waals surface area contributed by atoms with Gasteiger partial charge in [-0.1, -0.05) is 24.3 Å². The molecule has 21 heteroatoms. The van der Waals surface area contributed by atoms with Crippen LogP contribution in [0.3, 0.4) is 0 Å². The summed E-state index contributed by atoms with van der Waals surface area (Å²) in [6, 6.07) is 17.9.